The second-order valence-electron chi connectivity index (χ2n) is 6.59. The van der Waals surface area contributed by atoms with Crippen molar-refractivity contribution in [1.29, 1.82) is 0 Å². The Bertz CT molecular complexity index is 868. The summed E-state index contributed by atoms with van der Waals surface area (Å²) < 4.78 is 0.785. The van der Waals surface area contributed by atoms with Crippen LogP contribution < -0.4 is 5.32 Å². The van der Waals surface area contributed by atoms with Crippen molar-refractivity contribution in [3.05, 3.63) is 48.0 Å². The van der Waals surface area contributed by atoms with Gasteiger partial charge in [-0.3, -0.25) is 0 Å². The van der Waals surface area contributed by atoms with Crippen molar-refractivity contribution in [2.24, 2.45) is 0 Å². The van der Waals surface area contributed by atoms with E-state index in [-0.39, 0.29) is 0 Å². The molecule has 0 saturated carbocycles. The molecule has 1 aliphatic heterocycles. The number of fused-ring (bicyclic) bond motifs is 1. The van der Waals surface area contributed by atoms with Gasteiger partial charge in [0.15, 0.2) is 0 Å². The molecule has 1 saturated heterocycles. The van der Waals surface area contributed by atoms with Gasteiger partial charge in [0, 0.05) is 13.0 Å². The number of carboxylic acid groups (broad SMARTS) is 2. The first-order valence-corrected chi connectivity index (χ1v) is 12.0. The van der Waals surface area contributed by atoms with E-state index < -0.39 is 11.9 Å². The maximum absolute atomic E-state index is 9.10. The minimum atomic E-state index is -1.82. The van der Waals surface area contributed by atoms with Gasteiger partial charge in [0.25, 0.3) is 0 Å². The second kappa shape index (κ2) is 14.0. The maximum Gasteiger partial charge on any atom is 0.414 e. The number of hydrogen-bond donors (Lipinski definition) is 3. The Balaban J connectivity index is 0.000000469. The standard InChI is InChI=1S/C21H25NS2.C2H2O4/c1(2-12-21-23-16-7-17-24-21)5-14-22-15-13-19-10-6-9-18-8-3-4-11-20(18)19;3-1(4)2(5)6/h3-4,6,8-11,21-22H,2,7,12-17H2;(H,3,4)(H,5,6). The number of carbonyl (C=O) groups is 2. The molecule has 0 bridgehead atoms. The summed E-state index contributed by atoms with van der Waals surface area (Å²) in [5.74, 6) is 5.61. The molecule has 0 aromatic heterocycles. The Hall–Kier alpha value is -2.14. The lowest BCUT2D eigenvalue weighted by Crippen LogP contribution is -2.17. The van der Waals surface area contributed by atoms with Crippen LogP contribution in [0.15, 0.2) is 42.5 Å². The predicted molar refractivity (Wildman–Crippen MR) is 126 cm³/mol. The third-order valence-electron chi connectivity index (χ3n) is 4.37. The molecular weight excluding hydrogens is 418 g/mol. The first-order valence-electron chi connectivity index (χ1n) is 9.90. The molecule has 30 heavy (non-hydrogen) atoms. The molecule has 3 N–H and O–H groups in total. The van der Waals surface area contributed by atoms with E-state index in [9.17, 15) is 0 Å². The van der Waals surface area contributed by atoms with Gasteiger partial charge in [-0.2, -0.15) is 0 Å². The van der Waals surface area contributed by atoms with Crippen molar-refractivity contribution in [2.75, 3.05) is 24.6 Å². The van der Waals surface area contributed by atoms with E-state index in [1.165, 1.54) is 40.7 Å². The van der Waals surface area contributed by atoms with Crippen molar-refractivity contribution >= 4 is 46.2 Å². The first-order chi connectivity index (χ1) is 14.6. The molecular formula is C23H27NO4S2. The molecule has 0 amide bonds. The fourth-order valence-corrected chi connectivity index (χ4v) is 5.79. The van der Waals surface area contributed by atoms with E-state index in [0.29, 0.717) is 0 Å². The fourth-order valence-electron chi connectivity index (χ4n) is 2.93. The zero-order valence-corrected chi connectivity index (χ0v) is 18.4. The van der Waals surface area contributed by atoms with Gasteiger partial charge in [0.2, 0.25) is 0 Å². The summed E-state index contributed by atoms with van der Waals surface area (Å²) in [5, 5.41) is 20.9. The van der Waals surface area contributed by atoms with Gasteiger partial charge in [0.1, 0.15) is 0 Å². The lowest BCUT2D eigenvalue weighted by molar-refractivity contribution is -0.159. The van der Waals surface area contributed by atoms with Gasteiger partial charge >= 0.3 is 11.9 Å². The number of aliphatic carboxylic acids is 2. The lowest BCUT2D eigenvalue weighted by Gasteiger charge is -2.19. The molecule has 3 rings (SSSR count). The highest BCUT2D eigenvalue weighted by atomic mass is 32.2. The Labute approximate surface area is 186 Å². The molecule has 1 aliphatic rings. The van der Waals surface area contributed by atoms with E-state index in [1.54, 1.807) is 0 Å². The van der Waals surface area contributed by atoms with Gasteiger partial charge in [-0.05, 0) is 47.1 Å². The molecule has 0 aliphatic carbocycles. The average molecular weight is 446 g/mol. The van der Waals surface area contributed by atoms with Crippen LogP contribution in [0.1, 0.15) is 24.8 Å². The van der Waals surface area contributed by atoms with Crippen LogP contribution in [0.5, 0.6) is 0 Å². The van der Waals surface area contributed by atoms with Gasteiger partial charge in [-0.15, -0.1) is 29.4 Å². The zero-order valence-electron chi connectivity index (χ0n) is 16.8. The minimum absolute atomic E-state index is 0.785. The highest BCUT2D eigenvalue weighted by molar-refractivity contribution is 8.17. The van der Waals surface area contributed by atoms with Crippen molar-refractivity contribution in [3.8, 4) is 11.8 Å². The summed E-state index contributed by atoms with van der Waals surface area (Å²) in [5.41, 5.74) is 1.42. The maximum atomic E-state index is 9.10. The highest BCUT2D eigenvalue weighted by Gasteiger charge is 2.12. The van der Waals surface area contributed by atoms with Gasteiger partial charge in [0.05, 0.1) is 11.1 Å². The number of rotatable bonds is 6. The largest absolute Gasteiger partial charge is 0.473 e. The van der Waals surface area contributed by atoms with Gasteiger partial charge < -0.3 is 15.5 Å². The molecule has 2 aromatic carbocycles. The van der Waals surface area contributed by atoms with Crippen molar-refractivity contribution in [1.82, 2.24) is 5.32 Å². The van der Waals surface area contributed by atoms with Crippen LogP contribution in [-0.2, 0) is 16.0 Å². The van der Waals surface area contributed by atoms with E-state index >= 15 is 0 Å². The summed E-state index contributed by atoms with van der Waals surface area (Å²) in [7, 11) is 0. The monoisotopic (exact) mass is 445 g/mol. The smallest absolute Gasteiger partial charge is 0.414 e. The Kier molecular flexibility index (Phi) is 11.2. The van der Waals surface area contributed by atoms with Crippen molar-refractivity contribution in [2.45, 2.75) is 30.3 Å². The van der Waals surface area contributed by atoms with Crippen LogP contribution in [0.4, 0.5) is 0 Å². The number of benzene rings is 2. The molecule has 160 valence electrons. The van der Waals surface area contributed by atoms with Crippen LogP contribution in [0.25, 0.3) is 10.8 Å². The third-order valence-corrected chi connectivity index (χ3v) is 7.45. The predicted octanol–water partition coefficient (Wildman–Crippen LogP) is 4.11. The number of thioether (sulfide) groups is 2. The zero-order chi connectivity index (χ0) is 21.6. The van der Waals surface area contributed by atoms with E-state index in [4.69, 9.17) is 19.8 Å². The Morgan fingerprint density at radius 1 is 1.00 bits per heavy atom. The lowest BCUT2D eigenvalue weighted by atomic mass is 10.0. The molecule has 0 unspecified atom stereocenters. The van der Waals surface area contributed by atoms with E-state index in [2.05, 4.69) is 83.1 Å². The van der Waals surface area contributed by atoms with Crippen LogP contribution in [0, 0.1) is 11.8 Å². The van der Waals surface area contributed by atoms with E-state index in [1.807, 2.05) is 0 Å². The molecule has 7 heteroatoms. The molecule has 0 spiro atoms. The van der Waals surface area contributed by atoms with E-state index in [0.717, 1.165) is 30.5 Å². The Morgan fingerprint density at radius 2 is 1.70 bits per heavy atom. The van der Waals surface area contributed by atoms with Crippen molar-refractivity contribution < 1.29 is 19.8 Å². The topological polar surface area (TPSA) is 86.6 Å². The second-order valence-corrected chi connectivity index (χ2v) is 9.51. The number of hydrogen-bond acceptors (Lipinski definition) is 5. The number of nitrogens with one attached hydrogen (secondary N) is 1. The summed E-state index contributed by atoms with van der Waals surface area (Å²) in [4.78, 5) is 18.2. The molecule has 0 atom stereocenters. The highest BCUT2D eigenvalue weighted by Crippen LogP contribution is 2.33. The fraction of sp³-hybridized carbons (Fsp3) is 0.391. The number of carboxylic acids is 2. The average Bonchev–Trinajstić information content (AvgIpc) is 2.77. The Morgan fingerprint density at radius 3 is 2.43 bits per heavy atom. The quantitative estimate of drug-likeness (QED) is 0.350. The third kappa shape index (κ3) is 9.12. The van der Waals surface area contributed by atoms with Gasteiger partial charge in [-0.1, -0.05) is 48.4 Å². The van der Waals surface area contributed by atoms with Gasteiger partial charge in [-0.25, -0.2) is 9.59 Å². The van der Waals surface area contributed by atoms with Crippen molar-refractivity contribution in [3.63, 3.8) is 0 Å². The van der Waals surface area contributed by atoms with Crippen LogP contribution >= 0.6 is 23.5 Å². The summed E-state index contributed by atoms with van der Waals surface area (Å²) in [6.45, 7) is 1.78. The molecule has 1 fully saturated rings. The molecule has 1 heterocycles. The normalized spacial score (nSPS) is 13.6. The molecule has 0 radical (unpaired) electrons. The minimum Gasteiger partial charge on any atom is -0.473 e. The molecule has 5 nitrogen and oxygen atoms in total. The van der Waals surface area contributed by atoms with Crippen LogP contribution in [-0.4, -0.2) is 51.3 Å². The summed E-state index contributed by atoms with van der Waals surface area (Å²) >= 11 is 4.23. The summed E-state index contributed by atoms with van der Waals surface area (Å²) in [6, 6.07) is 15.2. The summed E-state index contributed by atoms with van der Waals surface area (Å²) in [6.07, 6.45) is 4.70. The molecule has 2 aromatic rings. The SMILES string of the molecule is C(#CCNCCc1cccc2ccccc12)CCC1SCCCS1.O=C(O)C(=O)O. The first kappa shape index (κ1) is 24.1. The van der Waals surface area contributed by atoms with Crippen LogP contribution in [0.2, 0.25) is 0 Å². The van der Waals surface area contributed by atoms with Crippen LogP contribution in [0.3, 0.4) is 0 Å².